The first kappa shape index (κ1) is 29.2. The Bertz CT molecular complexity index is 1520. The van der Waals surface area contributed by atoms with E-state index in [-0.39, 0.29) is 30.3 Å². The predicted molar refractivity (Wildman–Crippen MR) is 166 cm³/mol. The van der Waals surface area contributed by atoms with Crippen molar-refractivity contribution in [3.05, 3.63) is 106 Å². The first-order valence-corrected chi connectivity index (χ1v) is 15.4. The summed E-state index contributed by atoms with van der Waals surface area (Å²) in [5, 5.41) is 7.05. The summed E-state index contributed by atoms with van der Waals surface area (Å²) >= 11 is 6.16. The van der Waals surface area contributed by atoms with Gasteiger partial charge in [-0.3, -0.25) is 9.59 Å². The molecule has 224 valence electrons. The molecule has 0 bridgehead atoms. The van der Waals surface area contributed by atoms with Gasteiger partial charge in [0, 0.05) is 44.3 Å². The van der Waals surface area contributed by atoms with Crippen LogP contribution >= 0.6 is 11.6 Å². The van der Waals surface area contributed by atoms with E-state index < -0.39 is 17.4 Å². The van der Waals surface area contributed by atoms with Crippen LogP contribution in [-0.4, -0.2) is 60.4 Å². The minimum Gasteiger partial charge on any atom is -0.369 e. The van der Waals surface area contributed by atoms with Crippen LogP contribution < -0.4 is 16.4 Å². The number of piperidine rings is 1. The molecule has 8 nitrogen and oxygen atoms in total. The van der Waals surface area contributed by atoms with Gasteiger partial charge < -0.3 is 26.2 Å². The van der Waals surface area contributed by atoms with Crippen LogP contribution in [0.4, 0.5) is 4.79 Å². The van der Waals surface area contributed by atoms with E-state index in [1.165, 1.54) is 11.1 Å². The molecule has 6 rings (SSSR count). The van der Waals surface area contributed by atoms with Crippen LogP contribution in [0.2, 0.25) is 5.02 Å². The third kappa shape index (κ3) is 5.50. The number of carbonyl (C=O) groups excluding carboxylic acids is 3. The van der Waals surface area contributed by atoms with Crippen molar-refractivity contribution in [3.63, 3.8) is 0 Å². The van der Waals surface area contributed by atoms with Gasteiger partial charge in [-0.2, -0.15) is 0 Å². The van der Waals surface area contributed by atoms with E-state index in [1.807, 2.05) is 48.3 Å². The number of likely N-dealkylation sites (N-methyl/N-ethyl adjacent to an activating group) is 1. The summed E-state index contributed by atoms with van der Waals surface area (Å²) in [6.07, 6.45) is 2.24. The fourth-order valence-electron chi connectivity index (χ4n) is 7.21. The van der Waals surface area contributed by atoms with E-state index in [1.54, 1.807) is 17.0 Å². The standard InChI is InChI=1S/C34H38ClN5O3/c1-39-29(21-38-33(39)43)28-9-5-4-8-27(28)23-14-16-40(17-15-23)32(42)34(31(36)41,19-22-10-12-26(35)13-11-22)30-18-24-6-2-3-7-25(24)20-37-30/h2-13,23,29-30,37H,14-21H2,1H3,(H2,36,41)(H,38,43)/t29?,30-,34+/m0/s1. The van der Waals surface area contributed by atoms with Crippen molar-refractivity contribution in [2.24, 2.45) is 11.1 Å². The minimum atomic E-state index is -1.47. The van der Waals surface area contributed by atoms with Crippen LogP contribution in [0.5, 0.6) is 0 Å². The van der Waals surface area contributed by atoms with Gasteiger partial charge in [-0.15, -0.1) is 0 Å². The van der Waals surface area contributed by atoms with Crippen molar-refractivity contribution < 1.29 is 14.4 Å². The predicted octanol–water partition coefficient (Wildman–Crippen LogP) is 4.17. The maximum Gasteiger partial charge on any atom is 0.317 e. The van der Waals surface area contributed by atoms with Gasteiger partial charge in [0.1, 0.15) is 5.41 Å². The lowest BCUT2D eigenvalue weighted by Gasteiger charge is -2.44. The number of nitrogens with zero attached hydrogens (tertiary/aromatic N) is 2. The molecule has 3 heterocycles. The lowest BCUT2D eigenvalue weighted by Crippen LogP contribution is -2.64. The molecule has 4 N–H and O–H groups in total. The molecule has 0 saturated carbocycles. The normalized spacial score (nSPS) is 22.0. The van der Waals surface area contributed by atoms with Crippen LogP contribution in [0.15, 0.2) is 72.8 Å². The number of benzene rings is 3. The van der Waals surface area contributed by atoms with Gasteiger partial charge in [-0.1, -0.05) is 72.3 Å². The zero-order valence-electron chi connectivity index (χ0n) is 24.4. The van der Waals surface area contributed by atoms with E-state index in [9.17, 15) is 14.4 Å². The van der Waals surface area contributed by atoms with Crippen molar-refractivity contribution in [3.8, 4) is 0 Å². The monoisotopic (exact) mass is 599 g/mol. The van der Waals surface area contributed by atoms with E-state index in [0.717, 1.165) is 29.5 Å². The van der Waals surface area contributed by atoms with Crippen molar-refractivity contribution in [1.82, 2.24) is 20.4 Å². The summed E-state index contributed by atoms with van der Waals surface area (Å²) in [6.45, 7) is 2.19. The highest BCUT2D eigenvalue weighted by Crippen LogP contribution is 2.39. The highest BCUT2D eigenvalue weighted by atomic mass is 35.5. The highest BCUT2D eigenvalue weighted by molar-refractivity contribution is 6.30. The third-order valence-corrected chi connectivity index (χ3v) is 9.96. The maximum atomic E-state index is 14.6. The Balaban J connectivity index is 1.27. The first-order chi connectivity index (χ1) is 20.8. The fraction of sp³-hybridized carbons (Fsp3) is 0.382. The Morgan fingerprint density at radius 2 is 1.60 bits per heavy atom. The molecule has 3 atom stereocenters. The molecule has 3 aromatic rings. The maximum absolute atomic E-state index is 14.6. The topological polar surface area (TPSA) is 108 Å². The lowest BCUT2D eigenvalue weighted by molar-refractivity contribution is -0.153. The molecule has 3 aliphatic heterocycles. The van der Waals surface area contributed by atoms with Gasteiger partial charge in [0.15, 0.2) is 0 Å². The molecular formula is C34H38ClN5O3. The first-order valence-electron chi connectivity index (χ1n) is 15.0. The van der Waals surface area contributed by atoms with Crippen LogP contribution in [0.1, 0.15) is 52.6 Å². The van der Waals surface area contributed by atoms with E-state index in [4.69, 9.17) is 17.3 Å². The molecule has 2 fully saturated rings. The molecular weight excluding hydrogens is 562 g/mol. The Morgan fingerprint density at radius 1 is 0.953 bits per heavy atom. The van der Waals surface area contributed by atoms with Gasteiger partial charge >= 0.3 is 6.03 Å². The zero-order chi connectivity index (χ0) is 30.1. The van der Waals surface area contributed by atoms with Crippen molar-refractivity contribution >= 4 is 29.4 Å². The van der Waals surface area contributed by atoms with E-state index in [0.29, 0.717) is 37.6 Å². The Morgan fingerprint density at radius 3 is 2.26 bits per heavy atom. The SMILES string of the molecule is CN1C(=O)NCC1c1ccccc1C1CCN(C(=O)[C@@](Cc2ccc(Cl)cc2)(C(N)=O)[C@@H]2Cc3ccccc3CN2)CC1. The Hall–Kier alpha value is -3.88. The molecule has 2 saturated heterocycles. The lowest BCUT2D eigenvalue weighted by atomic mass is 9.69. The molecule has 3 aliphatic rings. The highest BCUT2D eigenvalue weighted by Gasteiger charge is 2.53. The number of urea groups is 1. The third-order valence-electron chi connectivity index (χ3n) is 9.71. The molecule has 3 aromatic carbocycles. The number of carbonyl (C=O) groups is 3. The number of hydrogen-bond acceptors (Lipinski definition) is 4. The van der Waals surface area contributed by atoms with Gasteiger partial charge in [0.25, 0.3) is 0 Å². The van der Waals surface area contributed by atoms with Gasteiger partial charge in [-0.05, 0) is 71.6 Å². The second-order valence-electron chi connectivity index (χ2n) is 12.1. The average molecular weight is 600 g/mol. The van der Waals surface area contributed by atoms with Crippen LogP contribution in [0.25, 0.3) is 0 Å². The smallest absolute Gasteiger partial charge is 0.317 e. The summed E-state index contributed by atoms with van der Waals surface area (Å²) in [4.78, 5) is 44.0. The quantitative estimate of drug-likeness (QED) is 0.354. The van der Waals surface area contributed by atoms with Crippen molar-refractivity contribution in [2.75, 3.05) is 26.7 Å². The molecule has 0 aliphatic carbocycles. The Kier molecular flexibility index (Phi) is 8.16. The largest absolute Gasteiger partial charge is 0.369 e. The summed E-state index contributed by atoms with van der Waals surface area (Å²) in [6, 6.07) is 23.2. The Labute approximate surface area is 257 Å². The summed E-state index contributed by atoms with van der Waals surface area (Å²) < 4.78 is 0. The molecule has 4 amide bonds. The number of fused-ring (bicyclic) bond motifs is 1. The number of rotatable bonds is 7. The molecule has 0 radical (unpaired) electrons. The number of nitrogens with two attached hydrogens (primary N) is 1. The fourth-order valence-corrected chi connectivity index (χ4v) is 7.33. The van der Waals surface area contributed by atoms with Gasteiger partial charge in [0.05, 0.1) is 6.04 Å². The molecule has 0 aromatic heterocycles. The molecule has 9 heteroatoms. The zero-order valence-corrected chi connectivity index (χ0v) is 25.1. The molecule has 0 spiro atoms. The molecule has 43 heavy (non-hydrogen) atoms. The van der Waals surface area contributed by atoms with Crippen molar-refractivity contribution in [2.45, 2.75) is 50.2 Å². The number of primary amides is 1. The second-order valence-corrected chi connectivity index (χ2v) is 12.5. The number of hydrogen-bond donors (Lipinski definition) is 3. The van der Waals surface area contributed by atoms with Gasteiger partial charge in [0.2, 0.25) is 11.8 Å². The van der Waals surface area contributed by atoms with Crippen LogP contribution in [0.3, 0.4) is 0 Å². The summed E-state index contributed by atoms with van der Waals surface area (Å²) in [7, 11) is 1.83. The number of likely N-dealkylation sites (tertiary alicyclic amines) is 1. The van der Waals surface area contributed by atoms with Gasteiger partial charge in [-0.25, -0.2) is 4.79 Å². The molecule has 1 unspecified atom stereocenters. The minimum absolute atomic E-state index is 0.0227. The number of amides is 4. The number of nitrogens with one attached hydrogen (secondary N) is 2. The van der Waals surface area contributed by atoms with Crippen molar-refractivity contribution in [1.29, 1.82) is 0 Å². The van der Waals surface area contributed by atoms with Crippen LogP contribution in [-0.2, 0) is 29.0 Å². The summed E-state index contributed by atoms with van der Waals surface area (Å²) in [5.41, 5.74) is 10.3. The number of halogens is 1. The second kappa shape index (κ2) is 12.0. The van der Waals surface area contributed by atoms with E-state index >= 15 is 0 Å². The van der Waals surface area contributed by atoms with E-state index in [2.05, 4.69) is 34.9 Å². The summed E-state index contributed by atoms with van der Waals surface area (Å²) in [5.74, 6) is -0.592. The average Bonchev–Trinajstić information content (AvgIpc) is 3.37. The van der Waals surface area contributed by atoms with Crippen LogP contribution in [0, 0.1) is 5.41 Å².